The van der Waals surface area contributed by atoms with Gasteiger partial charge in [-0.3, -0.25) is 14.5 Å². The molecule has 0 aliphatic carbocycles. The minimum absolute atomic E-state index is 0.116. The smallest absolute Gasteiger partial charge is 0.281 e. The maximum Gasteiger partial charge on any atom is 0.281 e. The quantitative estimate of drug-likeness (QED) is 0.276. The van der Waals surface area contributed by atoms with Gasteiger partial charge in [-0.15, -0.1) is 0 Å². The van der Waals surface area contributed by atoms with E-state index in [1.807, 2.05) is 39.9 Å². The number of benzene rings is 2. The van der Waals surface area contributed by atoms with E-state index in [0.717, 1.165) is 40.3 Å². The summed E-state index contributed by atoms with van der Waals surface area (Å²) in [6, 6.07) is 13.3. The highest BCUT2D eigenvalue weighted by Crippen LogP contribution is 2.32. The molecule has 0 spiro atoms. The fourth-order valence-corrected chi connectivity index (χ4v) is 5.74. The molecule has 36 heavy (non-hydrogen) atoms. The normalized spacial score (nSPS) is 19.7. The molecule has 2 aromatic carbocycles. The molecule has 3 heterocycles. The van der Waals surface area contributed by atoms with E-state index in [-0.39, 0.29) is 24.4 Å². The predicted octanol–water partition coefficient (Wildman–Crippen LogP) is 6.06. The number of anilines is 1. The Morgan fingerprint density at radius 1 is 1.19 bits per heavy atom. The maximum absolute atomic E-state index is 13.5. The number of piperidine rings is 1. The summed E-state index contributed by atoms with van der Waals surface area (Å²) in [4.78, 5) is 31.9. The van der Waals surface area contributed by atoms with Crippen molar-refractivity contribution >= 4 is 79.3 Å². The third-order valence-electron chi connectivity index (χ3n) is 6.94. The number of fused-ring (bicyclic) bond motifs is 1. The van der Waals surface area contributed by atoms with Gasteiger partial charge in [0.25, 0.3) is 5.91 Å². The van der Waals surface area contributed by atoms with Crippen LogP contribution in [0, 0.1) is 0 Å². The second-order valence-corrected chi connectivity index (χ2v) is 11.0. The lowest BCUT2D eigenvalue weighted by molar-refractivity contribution is -0.135. The molecule has 186 valence electrons. The number of likely N-dealkylation sites (N-methyl/N-ethyl adjacent to an activating group) is 1. The topological polar surface area (TPSA) is 48.8 Å². The van der Waals surface area contributed by atoms with Crippen LogP contribution >= 0.6 is 39.7 Å². The number of nitrogens with zero attached hydrogens (tertiary/aromatic N) is 4. The standard InChI is InChI=1S/C27H26BrClN4O2S/c1-17-5-3-4-12-32(17)25(34)16-31-15-18(22-14-19(28)6-11-23(22)31)13-24-26(35)33(27(36)30(24)2)21-9-7-20(29)8-10-21/h6-11,13-15,17H,3-5,12,16H2,1-2H3/b24-13-/t17-/m1/s1. The molecule has 2 amide bonds. The molecule has 0 unspecified atom stereocenters. The van der Waals surface area contributed by atoms with E-state index in [0.29, 0.717) is 21.5 Å². The highest BCUT2D eigenvalue weighted by molar-refractivity contribution is 9.10. The largest absolute Gasteiger partial charge is 0.338 e. The lowest BCUT2D eigenvalue weighted by atomic mass is 10.0. The number of halogens is 2. The Hall–Kier alpha value is -2.68. The first-order valence-electron chi connectivity index (χ1n) is 11.9. The number of carbonyl (C=O) groups is 2. The molecule has 0 bridgehead atoms. The van der Waals surface area contributed by atoms with Crippen LogP contribution in [0.4, 0.5) is 5.69 Å². The van der Waals surface area contributed by atoms with Crippen LogP contribution in [0.1, 0.15) is 31.7 Å². The Labute approximate surface area is 229 Å². The number of hydrogen-bond donors (Lipinski definition) is 0. The van der Waals surface area contributed by atoms with Gasteiger partial charge in [-0.25, -0.2) is 0 Å². The third kappa shape index (κ3) is 4.58. The number of likely N-dealkylation sites (tertiary alicyclic amines) is 1. The van der Waals surface area contributed by atoms with Crippen molar-refractivity contribution in [3.8, 4) is 0 Å². The average molecular weight is 586 g/mol. The lowest BCUT2D eigenvalue weighted by Crippen LogP contribution is -2.43. The second kappa shape index (κ2) is 10.00. The molecule has 3 aromatic rings. The Balaban J connectivity index is 1.51. The molecule has 1 aromatic heterocycles. The maximum atomic E-state index is 13.5. The number of amides is 2. The molecule has 0 saturated carbocycles. The fraction of sp³-hybridized carbons (Fsp3) is 0.296. The Bertz CT molecular complexity index is 1400. The molecule has 2 aliphatic rings. The summed E-state index contributed by atoms with van der Waals surface area (Å²) in [5.74, 6) is -0.0932. The Morgan fingerprint density at radius 2 is 1.94 bits per heavy atom. The van der Waals surface area contributed by atoms with Gasteiger partial charge in [0, 0.05) is 51.8 Å². The first-order chi connectivity index (χ1) is 17.2. The molecule has 1 atom stereocenters. The van der Waals surface area contributed by atoms with E-state index in [1.54, 1.807) is 36.2 Å². The van der Waals surface area contributed by atoms with Crippen molar-refractivity contribution in [1.29, 1.82) is 0 Å². The summed E-state index contributed by atoms with van der Waals surface area (Å²) in [7, 11) is 1.79. The molecule has 6 nitrogen and oxygen atoms in total. The first kappa shape index (κ1) is 25.0. The zero-order valence-corrected chi connectivity index (χ0v) is 23.2. The van der Waals surface area contributed by atoms with Gasteiger partial charge in [-0.05, 0) is 86.9 Å². The summed E-state index contributed by atoms with van der Waals surface area (Å²) < 4.78 is 2.90. The summed E-state index contributed by atoms with van der Waals surface area (Å²) in [6.07, 6.45) is 7.06. The molecule has 2 aliphatic heterocycles. The van der Waals surface area contributed by atoms with E-state index >= 15 is 0 Å². The van der Waals surface area contributed by atoms with Crippen LogP contribution < -0.4 is 4.90 Å². The Morgan fingerprint density at radius 3 is 2.67 bits per heavy atom. The van der Waals surface area contributed by atoms with E-state index in [2.05, 4.69) is 22.9 Å². The molecule has 2 saturated heterocycles. The van der Waals surface area contributed by atoms with Gasteiger partial charge in [0.15, 0.2) is 5.11 Å². The number of hydrogen-bond acceptors (Lipinski definition) is 3. The molecule has 0 radical (unpaired) electrons. The highest BCUT2D eigenvalue weighted by Gasteiger charge is 2.37. The van der Waals surface area contributed by atoms with Crippen LogP contribution in [0.3, 0.4) is 0 Å². The number of aromatic nitrogens is 1. The first-order valence-corrected chi connectivity index (χ1v) is 13.5. The van der Waals surface area contributed by atoms with E-state index in [9.17, 15) is 9.59 Å². The van der Waals surface area contributed by atoms with Crippen molar-refractivity contribution < 1.29 is 9.59 Å². The van der Waals surface area contributed by atoms with Crippen LogP contribution in [0.5, 0.6) is 0 Å². The zero-order chi connectivity index (χ0) is 25.6. The number of thiocarbonyl (C=S) groups is 1. The van der Waals surface area contributed by atoms with Gasteiger partial charge < -0.3 is 14.4 Å². The minimum Gasteiger partial charge on any atom is -0.338 e. The summed E-state index contributed by atoms with van der Waals surface area (Å²) in [6.45, 7) is 3.18. The highest BCUT2D eigenvalue weighted by atomic mass is 79.9. The fourth-order valence-electron chi connectivity index (χ4n) is 4.97. The van der Waals surface area contributed by atoms with Crippen molar-refractivity contribution in [3.63, 3.8) is 0 Å². The van der Waals surface area contributed by atoms with Crippen molar-refractivity contribution in [1.82, 2.24) is 14.4 Å². The minimum atomic E-state index is -0.209. The van der Waals surface area contributed by atoms with Gasteiger partial charge in [0.05, 0.1) is 5.69 Å². The number of carbonyl (C=O) groups excluding carboxylic acids is 2. The summed E-state index contributed by atoms with van der Waals surface area (Å²) in [5, 5.41) is 1.94. The van der Waals surface area contributed by atoms with Gasteiger partial charge in [-0.1, -0.05) is 27.5 Å². The monoisotopic (exact) mass is 584 g/mol. The van der Waals surface area contributed by atoms with Crippen LogP contribution in [0.15, 0.2) is 58.8 Å². The molecular weight excluding hydrogens is 560 g/mol. The zero-order valence-electron chi connectivity index (χ0n) is 20.1. The van der Waals surface area contributed by atoms with Crippen molar-refractivity contribution in [3.05, 3.63) is 69.4 Å². The van der Waals surface area contributed by atoms with Crippen LogP contribution in [0.25, 0.3) is 17.0 Å². The lowest BCUT2D eigenvalue weighted by Gasteiger charge is -2.33. The molecular formula is C27H26BrClN4O2S. The SMILES string of the molecule is C[C@@H]1CCCCN1C(=O)Cn1cc(/C=C2/C(=O)N(c3ccc(Cl)cc3)C(=S)N2C)c2cc(Br)ccc21. The van der Waals surface area contributed by atoms with Gasteiger partial charge in [-0.2, -0.15) is 0 Å². The Kier molecular flexibility index (Phi) is 6.94. The molecule has 9 heteroatoms. The second-order valence-electron chi connectivity index (χ2n) is 9.29. The van der Waals surface area contributed by atoms with E-state index in [1.165, 1.54) is 11.3 Å². The van der Waals surface area contributed by atoms with E-state index < -0.39 is 0 Å². The third-order valence-corrected chi connectivity index (χ3v) is 8.14. The van der Waals surface area contributed by atoms with E-state index in [4.69, 9.17) is 23.8 Å². The summed E-state index contributed by atoms with van der Waals surface area (Å²) in [5.41, 5.74) is 2.91. The van der Waals surface area contributed by atoms with Crippen LogP contribution in [-0.2, 0) is 16.1 Å². The van der Waals surface area contributed by atoms with Crippen LogP contribution in [-0.4, -0.2) is 50.9 Å². The molecule has 2 fully saturated rings. The van der Waals surface area contributed by atoms with Crippen molar-refractivity contribution in [2.75, 3.05) is 18.5 Å². The van der Waals surface area contributed by atoms with Gasteiger partial charge in [0.1, 0.15) is 12.2 Å². The summed E-state index contributed by atoms with van der Waals surface area (Å²) >= 11 is 15.2. The molecule has 0 N–H and O–H groups in total. The van der Waals surface area contributed by atoms with Gasteiger partial charge in [0.2, 0.25) is 5.91 Å². The van der Waals surface area contributed by atoms with Crippen molar-refractivity contribution in [2.45, 2.75) is 38.8 Å². The van der Waals surface area contributed by atoms with Crippen LogP contribution in [0.2, 0.25) is 5.02 Å². The predicted molar refractivity (Wildman–Crippen MR) is 152 cm³/mol. The molecule has 5 rings (SSSR count). The van der Waals surface area contributed by atoms with Crippen molar-refractivity contribution in [2.24, 2.45) is 0 Å². The van der Waals surface area contributed by atoms with Gasteiger partial charge >= 0.3 is 0 Å². The average Bonchev–Trinajstić information content (AvgIpc) is 3.29. The number of rotatable bonds is 4.